The Balaban J connectivity index is 2.62. The summed E-state index contributed by atoms with van der Waals surface area (Å²) in [5, 5.41) is 3.19. The molecule has 0 fully saturated rings. The Hall–Kier alpha value is -1.60. The zero-order chi connectivity index (χ0) is 11.3. The lowest BCUT2D eigenvalue weighted by molar-refractivity contribution is -0.117. The predicted molar refractivity (Wildman–Crippen MR) is 57.2 cm³/mol. The molecule has 1 rings (SSSR count). The van der Waals surface area contributed by atoms with Crippen molar-refractivity contribution in [3.05, 3.63) is 11.2 Å². The number of carbonyl (C=O) groups is 1. The molecule has 1 aromatic rings. The van der Waals surface area contributed by atoms with Crippen LogP contribution >= 0.6 is 11.6 Å². The predicted octanol–water partition coefficient (Wildman–Crippen LogP) is -0.297. The quantitative estimate of drug-likeness (QED) is 0.407. The monoisotopic (exact) mass is 230 g/mol. The van der Waals surface area contributed by atoms with Gasteiger partial charge in [-0.3, -0.25) is 10.2 Å². The van der Waals surface area contributed by atoms with Crippen LogP contribution in [0.15, 0.2) is 6.20 Å². The third-order valence-electron chi connectivity index (χ3n) is 1.54. The van der Waals surface area contributed by atoms with Gasteiger partial charge in [0, 0.05) is 13.0 Å². The lowest BCUT2D eigenvalue weighted by Crippen LogP contribution is -2.17. The summed E-state index contributed by atoms with van der Waals surface area (Å²) in [7, 11) is 0. The fourth-order valence-electron chi connectivity index (χ4n) is 0.865. The fraction of sp³-hybridized carbons (Fsp3) is 0.286. The van der Waals surface area contributed by atoms with E-state index < -0.39 is 5.91 Å². The maximum absolute atomic E-state index is 10.5. The second-order valence-electron chi connectivity index (χ2n) is 2.68. The van der Waals surface area contributed by atoms with E-state index >= 15 is 0 Å². The van der Waals surface area contributed by atoms with Crippen LogP contribution in [-0.2, 0) is 4.79 Å². The Labute approximate surface area is 91.2 Å². The Morgan fingerprint density at radius 1 is 1.60 bits per heavy atom. The molecule has 0 aliphatic carbocycles. The first kappa shape index (κ1) is 11.5. The molecule has 0 aromatic carbocycles. The molecule has 0 bridgehead atoms. The van der Waals surface area contributed by atoms with E-state index in [1.807, 2.05) is 0 Å². The van der Waals surface area contributed by atoms with Gasteiger partial charge >= 0.3 is 0 Å². The van der Waals surface area contributed by atoms with Gasteiger partial charge in [0.1, 0.15) is 5.02 Å². The number of hydrazine groups is 1. The van der Waals surface area contributed by atoms with E-state index in [2.05, 4.69) is 20.7 Å². The van der Waals surface area contributed by atoms with Gasteiger partial charge in [-0.2, -0.15) is 4.98 Å². The summed E-state index contributed by atoms with van der Waals surface area (Å²) >= 11 is 5.80. The largest absolute Gasteiger partial charge is 0.370 e. The number of nitrogens with zero attached hydrogens (tertiary/aromatic N) is 2. The van der Waals surface area contributed by atoms with Gasteiger partial charge in [-0.25, -0.2) is 10.8 Å². The lowest BCUT2D eigenvalue weighted by Gasteiger charge is -2.07. The third kappa shape index (κ3) is 3.56. The smallest absolute Gasteiger partial charge is 0.239 e. The number of anilines is 2. The van der Waals surface area contributed by atoms with E-state index in [4.69, 9.17) is 23.2 Å². The van der Waals surface area contributed by atoms with Crippen LogP contribution in [0.2, 0.25) is 5.02 Å². The van der Waals surface area contributed by atoms with E-state index in [1.165, 1.54) is 6.20 Å². The van der Waals surface area contributed by atoms with Crippen molar-refractivity contribution in [2.75, 3.05) is 17.3 Å². The van der Waals surface area contributed by atoms with Gasteiger partial charge in [-0.1, -0.05) is 11.6 Å². The van der Waals surface area contributed by atoms with Gasteiger partial charge in [-0.15, -0.1) is 0 Å². The van der Waals surface area contributed by atoms with Crippen LogP contribution in [-0.4, -0.2) is 22.4 Å². The number of nitrogen functional groups attached to an aromatic ring is 1. The summed E-state index contributed by atoms with van der Waals surface area (Å²) in [6.45, 7) is 0.357. The van der Waals surface area contributed by atoms with Gasteiger partial charge in [0.2, 0.25) is 11.9 Å². The van der Waals surface area contributed by atoms with E-state index in [-0.39, 0.29) is 12.4 Å². The molecule has 15 heavy (non-hydrogen) atoms. The van der Waals surface area contributed by atoms with Crippen LogP contribution in [0.1, 0.15) is 6.42 Å². The average molecular weight is 231 g/mol. The highest BCUT2D eigenvalue weighted by Crippen LogP contribution is 2.18. The van der Waals surface area contributed by atoms with Gasteiger partial charge in [0.25, 0.3) is 0 Å². The highest BCUT2D eigenvalue weighted by atomic mass is 35.5. The van der Waals surface area contributed by atoms with E-state index in [0.29, 0.717) is 17.4 Å². The molecule has 0 atom stereocenters. The first-order chi connectivity index (χ1) is 7.13. The summed E-state index contributed by atoms with van der Waals surface area (Å²) in [5.74, 6) is 5.37. The molecule has 1 aromatic heterocycles. The molecule has 1 amide bonds. The molecular formula is C7H11ClN6O. The van der Waals surface area contributed by atoms with Crippen molar-refractivity contribution in [1.29, 1.82) is 0 Å². The molecule has 7 nitrogen and oxygen atoms in total. The average Bonchev–Trinajstić information content (AvgIpc) is 2.20. The minimum Gasteiger partial charge on any atom is -0.370 e. The van der Waals surface area contributed by atoms with Crippen LogP contribution < -0.4 is 22.3 Å². The van der Waals surface area contributed by atoms with E-state index in [9.17, 15) is 4.79 Å². The zero-order valence-electron chi connectivity index (χ0n) is 7.83. The number of amides is 1. The molecule has 82 valence electrons. The number of hydrogen-bond acceptors (Lipinski definition) is 6. The van der Waals surface area contributed by atoms with Crippen LogP contribution in [0, 0.1) is 0 Å². The minimum atomic E-state index is -0.398. The maximum atomic E-state index is 10.5. The number of hydrogen-bond donors (Lipinski definition) is 4. The van der Waals surface area contributed by atoms with Crippen molar-refractivity contribution >= 4 is 29.3 Å². The Morgan fingerprint density at radius 3 is 2.93 bits per heavy atom. The molecular weight excluding hydrogens is 220 g/mol. The number of nitrogens with two attached hydrogens (primary N) is 2. The van der Waals surface area contributed by atoms with Crippen molar-refractivity contribution in [2.24, 2.45) is 11.6 Å². The molecule has 0 aliphatic heterocycles. The van der Waals surface area contributed by atoms with Crippen molar-refractivity contribution in [2.45, 2.75) is 6.42 Å². The van der Waals surface area contributed by atoms with E-state index in [1.54, 1.807) is 0 Å². The Bertz CT molecular complexity index is 357. The number of primary amides is 1. The normalized spacial score (nSPS) is 9.73. The van der Waals surface area contributed by atoms with Crippen molar-refractivity contribution in [1.82, 2.24) is 9.97 Å². The fourth-order valence-corrected chi connectivity index (χ4v) is 1.02. The molecule has 0 saturated heterocycles. The first-order valence-electron chi connectivity index (χ1n) is 4.15. The van der Waals surface area contributed by atoms with Crippen molar-refractivity contribution in [3.8, 4) is 0 Å². The molecule has 0 spiro atoms. The SMILES string of the molecule is NNc1ncc(Cl)c(NCCC(N)=O)n1. The highest BCUT2D eigenvalue weighted by Gasteiger charge is 2.04. The number of nitrogens with one attached hydrogen (secondary N) is 2. The van der Waals surface area contributed by atoms with Crippen LogP contribution in [0.25, 0.3) is 0 Å². The number of halogens is 1. The Kier molecular flexibility index (Phi) is 4.07. The first-order valence-corrected chi connectivity index (χ1v) is 4.52. The molecule has 8 heteroatoms. The van der Waals surface area contributed by atoms with Gasteiger partial charge in [0.05, 0.1) is 6.20 Å². The standard InChI is InChI=1S/C7H11ClN6O/c8-4-3-12-7(14-10)13-6(4)11-2-1-5(9)15/h3H,1-2,10H2,(H2,9,15)(H2,11,12,13,14). The number of aromatic nitrogens is 2. The summed E-state index contributed by atoms with van der Waals surface area (Å²) < 4.78 is 0. The van der Waals surface area contributed by atoms with Crippen molar-refractivity contribution < 1.29 is 4.79 Å². The molecule has 6 N–H and O–H groups in total. The summed E-state index contributed by atoms with van der Waals surface area (Å²) in [6.07, 6.45) is 1.60. The summed E-state index contributed by atoms with van der Waals surface area (Å²) in [5.41, 5.74) is 7.25. The second kappa shape index (κ2) is 5.32. The third-order valence-corrected chi connectivity index (χ3v) is 1.81. The minimum absolute atomic E-state index is 0.200. The number of rotatable bonds is 5. The van der Waals surface area contributed by atoms with Gasteiger partial charge < -0.3 is 11.1 Å². The highest BCUT2D eigenvalue weighted by molar-refractivity contribution is 6.32. The maximum Gasteiger partial charge on any atom is 0.239 e. The van der Waals surface area contributed by atoms with Crippen LogP contribution in [0.4, 0.5) is 11.8 Å². The van der Waals surface area contributed by atoms with Gasteiger partial charge in [-0.05, 0) is 0 Å². The summed E-state index contributed by atoms with van der Waals surface area (Å²) in [4.78, 5) is 18.2. The van der Waals surface area contributed by atoms with Crippen LogP contribution in [0.5, 0.6) is 0 Å². The van der Waals surface area contributed by atoms with Crippen LogP contribution in [0.3, 0.4) is 0 Å². The molecule has 0 unspecified atom stereocenters. The lowest BCUT2D eigenvalue weighted by atomic mass is 10.4. The number of carbonyl (C=O) groups excluding carboxylic acids is 1. The van der Waals surface area contributed by atoms with E-state index in [0.717, 1.165) is 0 Å². The second-order valence-corrected chi connectivity index (χ2v) is 3.08. The zero-order valence-corrected chi connectivity index (χ0v) is 8.58. The molecule has 0 saturated carbocycles. The topological polar surface area (TPSA) is 119 Å². The summed E-state index contributed by atoms with van der Waals surface area (Å²) in [6, 6.07) is 0. The van der Waals surface area contributed by atoms with Crippen molar-refractivity contribution in [3.63, 3.8) is 0 Å². The molecule has 1 heterocycles. The van der Waals surface area contributed by atoms with Gasteiger partial charge in [0.15, 0.2) is 5.82 Å². The molecule has 0 radical (unpaired) electrons. The Morgan fingerprint density at radius 2 is 2.33 bits per heavy atom. The molecule has 0 aliphatic rings.